The number of H-pyrrole nitrogens is 1. The maximum absolute atomic E-state index is 12.1. The van der Waals surface area contributed by atoms with Gasteiger partial charge < -0.3 is 14.7 Å². The van der Waals surface area contributed by atoms with Crippen LogP contribution in [0.15, 0.2) is 27.9 Å². The molecule has 0 spiro atoms. The van der Waals surface area contributed by atoms with Crippen LogP contribution in [0.5, 0.6) is 0 Å². The second kappa shape index (κ2) is 8.32. The Labute approximate surface area is 154 Å². The molecule has 1 aromatic heterocycles. The summed E-state index contributed by atoms with van der Waals surface area (Å²) in [6.45, 7) is 4.37. The summed E-state index contributed by atoms with van der Waals surface area (Å²) in [5, 5.41) is 11.2. The number of ether oxygens (including phenoxy) is 1. The maximum Gasteiger partial charge on any atom is 0.403 e. The first kappa shape index (κ1) is 21.3. The van der Waals surface area contributed by atoms with Gasteiger partial charge in [0.25, 0.3) is 5.56 Å². The van der Waals surface area contributed by atoms with E-state index in [0.29, 0.717) is 5.56 Å². The molecule has 0 aromatic carbocycles. The third-order valence-electron chi connectivity index (χ3n) is 3.87. The highest BCUT2D eigenvalue weighted by Crippen LogP contribution is 2.39. The van der Waals surface area contributed by atoms with Crippen molar-refractivity contribution < 1.29 is 28.6 Å². The SMILES string of the molecule is Cc1cn([C@H]2C=C[C@@H](COP(=O)(O)N[C@H](C(=O)O)C(C)C)O2)c(=O)[nH]c1=O. The van der Waals surface area contributed by atoms with Gasteiger partial charge in [-0.25, -0.2) is 14.4 Å². The Morgan fingerprint density at radius 3 is 2.70 bits per heavy atom. The first-order valence-electron chi connectivity index (χ1n) is 8.14. The van der Waals surface area contributed by atoms with Crippen LogP contribution in [0.2, 0.25) is 0 Å². The summed E-state index contributed by atoms with van der Waals surface area (Å²) in [5.41, 5.74) is -0.829. The van der Waals surface area contributed by atoms with E-state index in [0.717, 1.165) is 0 Å². The standard InChI is InChI=1S/C15H22N3O8P/c1-8(2)12(14(20)21)17-27(23,24)25-7-10-4-5-11(26-10)18-6-9(3)13(19)16-15(18)22/h4-6,8,10-12H,7H2,1-3H3,(H,20,21)(H,16,19,22)(H2,17,23,24)/t10-,11+,12-/m0/s1. The van der Waals surface area contributed by atoms with E-state index in [9.17, 15) is 23.8 Å². The van der Waals surface area contributed by atoms with Crippen molar-refractivity contribution in [2.24, 2.45) is 5.92 Å². The van der Waals surface area contributed by atoms with Crippen LogP contribution in [0.1, 0.15) is 25.6 Å². The van der Waals surface area contributed by atoms with Gasteiger partial charge in [0.1, 0.15) is 12.1 Å². The van der Waals surface area contributed by atoms with E-state index in [1.54, 1.807) is 13.8 Å². The van der Waals surface area contributed by atoms with Crippen molar-refractivity contribution in [2.45, 2.75) is 39.1 Å². The van der Waals surface area contributed by atoms with Gasteiger partial charge in [-0.05, 0) is 18.9 Å². The summed E-state index contributed by atoms with van der Waals surface area (Å²) >= 11 is 0. The Morgan fingerprint density at radius 2 is 2.11 bits per heavy atom. The summed E-state index contributed by atoms with van der Waals surface area (Å²) in [7, 11) is -4.39. The van der Waals surface area contributed by atoms with Gasteiger partial charge in [0.2, 0.25) is 0 Å². The lowest BCUT2D eigenvalue weighted by molar-refractivity contribution is -0.140. The normalized spacial score (nSPS) is 22.7. The fraction of sp³-hybridized carbons (Fsp3) is 0.533. The van der Waals surface area contributed by atoms with Gasteiger partial charge in [-0.2, -0.15) is 0 Å². The molecule has 1 aliphatic rings. The van der Waals surface area contributed by atoms with Crippen molar-refractivity contribution in [1.82, 2.24) is 14.6 Å². The van der Waals surface area contributed by atoms with E-state index in [1.165, 1.54) is 29.8 Å². The highest BCUT2D eigenvalue weighted by Gasteiger charge is 2.32. The molecule has 1 aromatic rings. The van der Waals surface area contributed by atoms with Crippen LogP contribution in [-0.2, 0) is 18.6 Å². The van der Waals surface area contributed by atoms with Crippen molar-refractivity contribution in [3.63, 3.8) is 0 Å². The number of hydrogen-bond donors (Lipinski definition) is 4. The first-order valence-corrected chi connectivity index (χ1v) is 9.71. The van der Waals surface area contributed by atoms with E-state index in [1.807, 2.05) is 0 Å². The Kier molecular flexibility index (Phi) is 6.55. The van der Waals surface area contributed by atoms with Crippen molar-refractivity contribution in [3.05, 3.63) is 44.8 Å². The fourth-order valence-electron chi connectivity index (χ4n) is 2.39. The Hall–Kier alpha value is -2.04. The number of aromatic nitrogens is 2. The lowest BCUT2D eigenvalue weighted by Gasteiger charge is -2.22. The van der Waals surface area contributed by atoms with Crippen LogP contribution in [0.3, 0.4) is 0 Å². The topological polar surface area (TPSA) is 160 Å². The maximum atomic E-state index is 12.1. The summed E-state index contributed by atoms with van der Waals surface area (Å²) < 4.78 is 23.7. The number of nitrogens with one attached hydrogen (secondary N) is 2. The van der Waals surface area contributed by atoms with Gasteiger partial charge in [-0.15, -0.1) is 0 Å². The second-order valence-electron chi connectivity index (χ2n) is 6.43. The van der Waals surface area contributed by atoms with Gasteiger partial charge in [-0.1, -0.05) is 19.9 Å². The molecule has 4 atom stereocenters. The molecule has 1 aliphatic heterocycles. The molecule has 27 heavy (non-hydrogen) atoms. The molecule has 2 rings (SSSR count). The zero-order valence-corrected chi connectivity index (χ0v) is 15.9. The van der Waals surface area contributed by atoms with Crippen LogP contribution in [-0.4, -0.2) is 44.3 Å². The number of nitrogens with zero attached hydrogens (tertiary/aromatic N) is 1. The van der Waals surface area contributed by atoms with Crippen LogP contribution in [0.4, 0.5) is 0 Å². The van der Waals surface area contributed by atoms with E-state index in [4.69, 9.17) is 14.4 Å². The van der Waals surface area contributed by atoms with E-state index < -0.39 is 49.3 Å². The van der Waals surface area contributed by atoms with Gasteiger partial charge >= 0.3 is 19.4 Å². The highest BCUT2D eigenvalue weighted by atomic mass is 31.2. The monoisotopic (exact) mass is 403 g/mol. The number of carboxylic acids is 1. The number of carboxylic acid groups (broad SMARTS) is 1. The minimum Gasteiger partial charge on any atom is -0.480 e. The zero-order chi connectivity index (χ0) is 20.4. The predicted octanol–water partition coefficient (Wildman–Crippen LogP) is 0.114. The molecule has 0 saturated heterocycles. The minimum absolute atomic E-state index is 0.323. The van der Waals surface area contributed by atoms with Crippen LogP contribution in [0.25, 0.3) is 0 Å². The zero-order valence-electron chi connectivity index (χ0n) is 15.0. The molecule has 11 nitrogen and oxygen atoms in total. The lowest BCUT2D eigenvalue weighted by Crippen LogP contribution is -2.39. The van der Waals surface area contributed by atoms with Crippen molar-refractivity contribution >= 4 is 13.7 Å². The molecular weight excluding hydrogens is 381 g/mol. The summed E-state index contributed by atoms with van der Waals surface area (Å²) in [4.78, 5) is 46.4. The summed E-state index contributed by atoms with van der Waals surface area (Å²) in [6.07, 6.45) is 2.87. The summed E-state index contributed by atoms with van der Waals surface area (Å²) in [5.74, 6) is -1.71. The van der Waals surface area contributed by atoms with Crippen molar-refractivity contribution in [1.29, 1.82) is 0 Å². The largest absolute Gasteiger partial charge is 0.480 e. The molecule has 0 bridgehead atoms. The van der Waals surface area contributed by atoms with E-state index in [-0.39, 0.29) is 6.61 Å². The van der Waals surface area contributed by atoms with Gasteiger partial charge in [-0.3, -0.25) is 23.7 Å². The Morgan fingerprint density at radius 1 is 1.44 bits per heavy atom. The molecule has 0 amide bonds. The van der Waals surface area contributed by atoms with Crippen LogP contribution in [0, 0.1) is 12.8 Å². The van der Waals surface area contributed by atoms with Gasteiger partial charge in [0.05, 0.1) is 6.61 Å². The Balaban J connectivity index is 1.97. The van der Waals surface area contributed by atoms with Crippen LogP contribution >= 0.6 is 7.75 Å². The quantitative estimate of drug-likeness (QED) is 0.349. The highest BCUT2D eigenvalue weighted by molar-refractivity contribution is 7.50. The lowest BCUT2D eigenvalue weighted by atomic mass is 10.1. The molecule has 0 aliphatic carbocycles. The van der Waals surface area contributed by atoms with Gasteiger partial charge in [0, 0.05) is 11.8 Å². The molecule has 0 fully saturated rings. The molecule has 4 N–H and O–H groups in total. The van der Waals surface area contributed by atoms with Crippen LogP contribution < -0.4 is 16.3 Å². The molecule has 0 radical (unpaired) electrons. The van der Waals surface area contributed by atoms with E-state index >= 15 is 0 Å². The number of hydrogen-bond acceptors (Lipinski definition) is 6. The molecule has 0 saturated carbocycles. The molecular formula is C15H22N3O8P. The fourth-order valence-corrected chi connectivity index (χ4v) is 3.58. The molecule has 2 heterocycles. The number of rotatable bonds is 8. The van der Waals surface area contributed by atoms with Crippen molar-refractivity contribution in [2.75, 3.05) is 6.61 Å². The molecule has 1 unspecified atom stereocenters. The van der Waals surface area contributed by atoms with Gasteiger partial charge in [0.15, 0.2) is 6.23 Å². The Bertz CT molecular complexity index is 890. The number of aliphatic carboxylic acids is 1. The third kappa shape index (κ3) is 5.47. The smallest absolute Gasteiger partial charge is 0.403 e. The predicted molar refractivity (Wildman–Crippen MR) is 94.3 cm³/mol. The average Bonchev–Trinajstić information content (AvgIpc) is 3.02. The third-order valence-corrected chi connectivity index (χ3v) is 4.98. The average molecular weight is 403 g/mol. The summed E-state index contributed by atoms with van der Waals surface area (Å²) in [6, 6.07) is -1.25. The molecule has 12 heteroatoms. The molecule has 150 valence electrons. The minimum atomic E-state index is -4.39. The van der Waals surface area contributed by atoms with E-state index in [2.05, 4.69) is 10.1 Å². The number of aromatic amines is 1. The number of carbonyl (C=O) groups is 1. The number of aryl methyl sites for hydroxylation is 1. The first-order chi connectivity index (χ1) is 12.5. The second-order valence-corrected chi connectivity index (χ2v) is 7.99. The van der Waals surface area contributed by atoms with Crippen molar-refractivity contribution in [3.8, 4) is 0 Å².